The molecule has 0 N–H and O–H groups in total. The molecular weight excluding hydrogens is 647 g/mol. The second-order valence-corrected chi connectivity index (χ2v) is 13.5. The molecule has 2 unspecified atom stereocenters. The van der Waals surface area contributed by atoms with Crippen LogP contribution in [-0.4, -0.2) is 21.1 Å². The molecule has 2 heterocycles. The molecule has 1 aliphatic heterocycles. The lowest BCUT2D eigenvalue weighted by Gasteiger charge is -2.14. The fourth-order valence-electron chi connectivity index (χ4n) is 7.57. The van der Waals surface area contributed by atoms with Gasteiger partial charge in [-0.05, 0) is 44.7 Å². The van der Waals surface area contributed by atoms with E-state index in [1.54, 1.807) is 0 Å². The van der Waals surface area contributed by atoms with Gasteiger partial charge in [-0.25, -0.2) is 15.0 Å². The van der Waals surface area contributed by atoms with Gasteiger partial charge in [-0.2, -0.15) is 0 Å². The average Bonchev–Trinajstić information content (AvgIpc) is 3.63. The summed E-state index contributed by atoms with van der Waals surface area (Å²) in [5.41, 5.74) is 10.8. The van der Waals surface area contributed by atoms with E-state index in [0.717, 1.165) is 44.7 Å². The Bertz CT molecular complexity index is 2670. The van der Waals surface area contributed by atoms with Gasteiger partial charge in [0.25, 0.3) is 0 Å². The third kappa shape index (κ3) is 5.71. The van der Waals surface area contributed by atoms with E-state index in [1.807, 2.05) is 6.07 Å². The SMILES string of the molecule is C1=CC2Oc3c(-c4ccc(-c5nc(-c6ccc(-c7ccccc7)cc6)nc(-c6ccc(-c7cccc8ccccc78)cc6)n5)cc4)cccc3C2C=C1. The Morgan fingerprint density at radius 3 is 1.55 bits per heavy atom. The van der Waals surface area contributed by atoms with E-state index in [4.69, 9.17) is 19.7 Å². The van der Waals surface area contributed by atoms with Gasteiger partial charge in [0.1, 0.15) is 11.9 Å². The summed E-state index contributed by atoms with van der Waals surface area (Å²) < 4.78 is 6.46. The van der Waals surface area contributed by atoms with Crippen LogP contribution < -0.4 is 4.74 Å². The zero-order valence-electron chi connectivity index (χ0n) is 28.8. The largest absolute Gasteiger partial charge is 0.484 e. The van der Waals surface area contributed by atoms with Crippen LogP contribution in [0, 0.1) is 0 Å². The van der Waals surface area contributed by atoms with Crippen molar-refractivity contribution < 1.29 is 4.74 Å². The molecule has 0 spiro atoms. The number of rotatable bonds is 6. The molecule has 1 aromatic heterocycles. The molecule has 0 amide bonds. The summed E-state index contributed by atoms with van der Waals surface area (Å²) in [7, 11) is 0. The summed E-state index contributed by atoms with van der Waals surface area (Å²) in [5.74, 6) is 3.09. The van der Waals surface area contributed by atoms with Gasteiger partial charge in [0.2, 0.25) is 0 Å². The third-order valence-electron chi connectivity index (χ3n) is 10.3. The molecule has 7 aromatic carbocycles. The van der Waals surface area contributed by atoms with Gasteiger partial charge in [-0.15, -0.1) is 0 Å². The van der Waals surface area contributed by atoms with Gasteiger partial charge in [0.05, 0.1) is 0 Å². The zero-order valence-corrected chi connectivity index (χ0v) is 28.8. The molecule has 250 valence electrons. The maximum absolute atomic E-state index is 6.46. The van der Waals surface area contributed by atoms with Crippen LogP contribution in [-0.2, 0) is 0 Å². The van der Waals surface area contributed by atoms with Crippen LogP contribution in [0.5, 0.6) is 5.75 Å². The van der Waals surface area contributed by atoms with Crippen molar-refractivity contribution in [3.05, 3.63) is 194 Å². The van der Waals surface area contributed by atoms with Crippen LogP contribution in [0.15, 0.2) is 188 Å². The lowest BCUT2D eigenvalue weighted by molar-refractivity contribution is 0.270. The lowest BCUT2D eigenvalue weighted by atomic mass is 9.90. The lowest BCUT2D eigenvalue weighted by Crippen LogP contribution is -2.15. The summed E-state index contributed by atoms with van der Waals surface area (Å²) in [4.78, 5) is 15.2. The van der Waals surface area contributed by atoms with E-state index < -0.39 is 0 Å². The Hall–Kier alpha value is -6.91. The maximum Gasteiger partial charge on any atom is 0.164 e. The first-order valence-corrected chi connectivity index (χ1v) is 18.0. The molecule has 0 bridgehead atoms. The van der Waals surface area contributed by atoms with Gasteiger partial charge in [0, 0.05) is 33.7 Å². The van der Waals surface area contributed by atoms with E-state index in [1.165, 1.54) is 27.5 Å². The third-order valence-corrected chi connectivity index (χ3v) is 10.3. The van der Waals surface area contributed by atoms with Crippen molar-refractivity contribution in [3.8, 4) is 73.3 Å². The minimum Gasteiger partial charge on any atom is -0.484 e. The monoisotopic (exact) mass is 679 g/mol. The second kappa shape index (κ2) is 13.0. The van der Waals surface area contributed by atoms with Crippen LogP contribution in [0.4, 0.5) is 0 Å². The van der Waals surface area contributed by atoms with Crippen molar-refractivity contribution in [2.75, 3.05) is 0 Å². The van der Waals surface area contributed by atoms with E-state index in [0.29, 0.717) is 17.5 Å². The number of aromatic nitrogens is 3. The normalized spacial score (nSPS) is 15.5. The van der Waals surface area contributed by atoms with Gasteiger partial charge < -0.3 is 4.74 Å². The topological polar surface area (TPSA) is 47.9 Å². The molecule has 0 saturated carbocycles. The van der Waals surface area contributed by atoms with Crippen molar-refractivity contribution in [1.29, 1.82) is 0 Å². The fourth-order valence-corrected chi connectivity index (χ4v) is 7.57. The van der Waals surface area contributed by atoms with Crippen molar-refractivity contribution in [1.82, 2.24) is 15.0 Å². The molecule has 1 aliphatic carbocycles. The summed E-state index contributed by atoms with van der Waals surface area (Å²) in [6.07, 6.45) is 8.58. The number of fused-ring (bicyclic) bond motifs is 4. The molecule has 8 aromatic rings. The van der Waals surface area contributed by atoms with Crippen molar-refractivity contribution in [2.45, 2.75) is 12.0 Å². The highest BCUT2D eigenvalue weighted by molar-refractivity contribution is 5.96. The van der Waals surface area contributed by atoms with E-state index in [2.05, 4.69) is 182 Å². The van der Waals surface area contributed by atoms with Crippen molar-refractivity contribution in [2.24, 2.45) is 0 Å². The zero-order chi connectivity index (χ0) is 35.1. The van der Waals surface area contributed by atoms with Crippen LogP contribution >= 0.6 is 0 Å². The number of hydrogen-bond donors (Lipinski definition) is 0. The maximum atomic E-state index is 6.46. The van der Waals surface area contributed by atoms with E-state index in [9.17, 15) is 0 Å². The highest BCUT2D eigenvalue weighted by Crippen LogP contribution is 2.46. The quantitative estimate of drug-likeness (QED) is 0.175. The standard InChI is InChI=1S/C49H33N3O/c1-2-10-32(11-3-1)33-20-26-37(27-21-33)47-50-48(38-28-22-35(23-29-38)41-16-8-13-34-12-4-5-14-40(34)41)52-49(51-47)39-30-24-36(25-31-39)42-17-9-18-44-43-15-6-7-19-45(43)53-46(42)44/h1-31,43,45H. The van der Waals surface area contributed by atoms with Crippen LogP contribution in [0.3, 0.4) is 0 Å². The molecule has 10 rings (SSSR count). The first-order chi connectivity index (χ1) is 26.2. The van der Waals surface area contributed by atoms with Crippen LogP contribution in [0.1, 0.15) is 11.5 Å². The molecule has 0 fully saturated rings. The number of para-hydroxylation sites is 1. The van der Waals surface area contributed by atoms with E-state index in [-0.39, 0.29) is 12.0 Å². The van der Waals surface area contributed by atoms with Crippen LogP contribution in [0.2, 0.25) is 0 Å². The number of benzene rings is 7. The Balaban J connectivity index is 1.03. The predicted molar refractivity (Wildman–Crippen MR) is 215 cm³/mol. The summed E-state index contributed by atoms with van der Waals surface area (Å²) in [6.45, 7) is 0. The summed E-state index contributed by atoms with van der Waals surface area (Å²) in [6, 6.07) is 57.2. The number of nitrogens with zero attached hydrogens (tertiary/aromatic N) is 3. The smallest absolute Gasteiger partial charge is 0.164 e. The number of hydrogen-bond acceptors (Lipinski definition) is 4. The minimum absolute atomic E-state index is 0.0420. The van der Waals surface area contributed by atoms with Gasteiger partial charge in [0.15, 0.2) is 17.5 Å². The van der Waals surface area contributed by atoms with Crippen LogP contribution in [0.25, 0.3) is 78.3 Å². The molecule has 53 heavy (non-hydrogen) atoms. The van der Waals surface area contributed by atoms with Gasteiger partial charge in [-0.1, -0.05) is 182 Å². The fraction of sp³-hybridized carbons (Fsp3) is 0.0408. The summed E-state index contributed by atoms with van der Waals surface area (Å²) >= 11 is 0. The van der Waals surface area contributed by atoms with Crippen molar-refractivity contribution in [3.63, 3.8) is 0 Å². The highest BCUT2D eigenvalue weighted by atomic mass is 16.5. The number of allylic oxidation sites excluding steroid dienone is 2. The molecule has 2 aliphatic rings. The Labute approximate surface area is 308 Å². The van der Waals surface area contributed by atoms with E-state index >= 15 is 0 Å². The Kier molecular flexibility index (Phi) is 7.58. The van der Waals surface area contributed by atoms with Gasteiger partial charge >= 0.3 is 0 Å². The Morgan fingerprint density at radius 1 is 0.377 bits per heavy atom. The first kappa shape index (κ1) is 30.9. The predicted octanol–water partition coefficient (Wildman–Crippen LogP) is 12.0. The molecule has 2 atom stereocenters. The Morgan fingerprint density at radius 2 is 0.868 bits per heavy atom. The number of ether oxygens (including phenoxy) is 1. The molecule has 4 nitrogen and oxygen atoms in total. The highest BCUT2D eigenvalue weighted by Gasteiger charge is 2.33. The minimum atomic E-state index is 0.0420. The average molecular weight is 680 g/mol. The summed E-state index contributed by atoms with van der Waals surface area (Å²) in [5, 5.41) is 2.45. The second-order valence-electron chi connectivity index (χ2n) is 13.5. The molecular formula is C49H33N3O. The molecule has 4 heteroatoms. The van der Waals surface area contributed by atoms with Gasteiger partial charge in [-0.3, -0.25) is 0 Å². The van der Waals surface area contributed by atoms with Crippen molar-refractivity contribution >= 4 is 10.8 Å². The molecule has 0 saturated heterocycles. The first-order valence-electron chi connectivity index (χ1n) is 18.0. The molecule has 0 radical (unpaired) electrons.